The van der Waals surface area contributed by atoms with Gasteiger partial charge in [0.2, 0.25) is 5.91 Å². The zero-order valence-electron chi connectivity index (χ0n) is 22.5. The van der Waals surface area contributed by atoms with Gasteiger partial charge in [-0.1, -0.05) is 0 Å². The van der Waals surface area contributed by atoms with E-state index in [1.807, 2.05) is 0 Å². The minimum Gasteiger partial charge on any atom is -0.384 e. The van der Waals surface area contributed by atoms with E-state index in [4.69, 9.17) is 5.73 Å². The highest BCUT2D eigenvalue weighted by molar-refractivity contribution is 7.18. The Morgan fingerprint density at radius 1 is 1.07 bits per heavy atom. The number of piperidine rings is 1. The van der Waals surface area contributed by atoms with Crippen molar-refractivity contribution in [3.63, 3.8) is 0 Å². The van der Waals surface area contributed by atoms with Gasteiger partial charge in [0.25, 0.3) is 11.8 Å². The van der Waals surface area contributed by atoms with Gasteiger partial charge in [-0.25, -0.2) is 18.7 Å². The van der Waals surface area contributed by atoms with Gasteiger partial charge in [0.1, 0.15) is 5.82 Å². The molecule has 224 valence electrons. The Morgan fingerprint density at radius 3 is 2.49 bits per heavy atom. The molecule has 1 saturated heterocycles. The smallest absolute Gasteiger partial charge is 0.384 e. The Bertz CT molecular complexity index is 1660. The van der Waals surface area contributed by atoms with Crippen LogP contribution in [0.15, 0.2) is 54.9 Å². The number of nitrogens with one attached hydrogen (secondary N) is 1. The van der Waals surface area contributed by atoms with Crippen LogP contribution in [-0.4, -0.2) is 57.2 Å². The van der Waals surface area contributed by atoms with E-state index >= 15 is 0 Å². The predicted molar refractivity (Wildman–Crippen MR) is 152 cm³/mol. The second kappa shape index (κ2) is 12.0. The molecular weight excluding hydrogens is 591 g/mol. The third-order valence-electron chi connectivity index (χ3n) is 6.80. The topological polar surface area (TPSA) is 114 Å². The number of hydrogen-bond acceptors (Lipinski definition) is 7. The van der Waals surface area contributed by atoms with E-state index in [2.05, 4.69) is 20.3 Å². The summed E-state index contributed by atoms with van der Waals surface area (Å²) in [6.07, 6.45) is 0.315. The normalized spacial score (nSPS) is 15.2. The minimum atomic E-state index is -4.67. The highest BCUT2D eigenvalue weighted by Crippen LogP contribution is 2.40. The number of halogens is 5. The Morgan fingerprint density at radius 2 is 1.84 bits per heavy atom. The van der Waals surface area contributed by atoms with E-state index in [0.717, 1.165) is 17.4 Å². The van der Waals surface area contributed by atoms with Crippen LogP contribution < -0.4 is 11.1 Å². The van der Waals surface area contributed by atoms with Crippen molar-refractivity contribution in [2.75, 3.05) is 25.4 Å². The molecule has 14 heteroatoms. The highest BCUT2D eigenvalue weighted by atomic mass is 32.1. The van der Waals surface area contributed by atoms with E-state index in [1.165, 1.54) is 41.6 Å². The van der Waals surface area contributed by atoms with Crippen molar-refractivity contribution in [2.24, 2.45) is 0 Å². The molecule has 43 heavy (non-hydrogen) atoms. The van der Waals surface area contributed by atoms with Crippen LogP contribution in [0.4, 0.5) is 27.8 Å². The molecule has 0 saturated carbocycles. The van der Waals surface area contributed by atoms with Crippen molar-refractivity contribution in [2.45, 2.75) is 31.4 Å². The van der Waals surface area contributed by atoms with Crippen LogP contribution in [0.25, 0.3) is 27.6 Å². The molecule has 0 bridgehead atoms. The number of nitrogens with zero attached hydrogens (tertiary/aromatic N) is 4. The zero-order valence-corrected chi connectivity index (χ0v) is 23.3. The van der Waals surface area contributed by atoms with Gasteiger partial charge >= 0.3 is 6.18 Å². The first-order valence-electron chi connectivity index (χ1n) is 13.2. The summed E-state index contributed by atoms with van der Waals surface area (Å²) < 4.78 is 69.0. The van der Waals surface area contributed by atoms with Gasteiger partial charge in [0.05, 0.1) is 32.0 Å². The largest absolute Gasteiger partial charge is 0.417 e. The molecule has 3 N–H and O–H groups in total. The van der Waals surface area contributed by atoms with Crippen LogP contribution >= 0.6 is 11.3 Å². The van der Waals surface area contributed by atoms with Crippen molar-refractivity contribution in [3.8, 4) is 11.3 Å². The lowest BCUT2D eigenvalue weighted by molar-refractivity contribution is -0.136. The molecule has 4 aromatic rings. The number of pyridine rings is 2. The average Bonchev–Trinajstić information content (AvgIpc) is 3.38. The van der Waals surface area contributed by atoms with Gasteiger partial charge in [-0.2, -0.15) is 13.2 Å². The molecule has 4 heterocycles. The lowest BCUT2D eigenvalue weighted by Gasteiger charge is -2.31. The first-order chi connectivity index (χ1) is 20.4. The number of nitrogen functional groups attached to an aromatic ring is 1. The molecular formula is C29H25F5N6O2S. The van der Waals surface area contributed by atoms with Crippen LogP contribution in [0.5, 0.6) is 0 Å². The minimum absolute atomic E-state index is 0.0398. The number of carbonyl (C=O) groups excluding carboxylic acids is 2. The Balaban J connectivity index is 1.29. The highest BCUT2D eigenvalue weighted by Gasteiger charge is 2.36. The molecule has 1 aliphatic heterocycles. The number of rotatable bonds is 7. The summed E-state index contributed by atoms with van der Waals surface area (Å²) in [5.74, 6) is -3.30. The second-order valence-corrected chi connectivity index (χ2v) is 11.0. The Hall–Kier alpha value is -4.46. The molecule has 1 aliphatic rings. The van der Waals surface area contributed by atoms with E-state index in [-0.39, 0.29) is 59.0 Å². The number of alkyl halides is 5. The van der Waals surface area contributed by atoms with Crippen molar-refractivity contribution < 1.29 is 31.5 Å². The molecule has 0 radical (unpaired) electrons. The molecule has 1 fully saturated rings. The summed E-state index contributed by atoms with van der Waals surface area (Å²) in [5, 5.41) is 3.08. The fourth-order valence-electron chi connectivity index (χ4n) is 4.49. The third kappa shape index (κ3) is 7.31. The summed E-state index contributed by atoms with van der Waals surface area (Å²) >= 11 is 0.895. The number of fused-ring (bicyclic) bond motifs is 1. The Labute approximate surface area is 246 Å². The molecule has 8 nitrogen and oxygen atoms in total. The van der Waals surface area contributed by atoms with Gasteiger partial charge in [-0.3, -0.25) is 14.6 Å². The molecule has 0 spiro atoms. The fourth-order valence-corrected chi connectivity index (χ4v) is 5.57. The average molecular weight is 617 g/mol. The number of hydrogen-bond donors (Lipinski definition) is 2. The lowest BCUT2D eigenvalue weighted by atomic mass is 10.0. The van der Waals surface area contributed by atoms with E-state index in [9.17, 15) is 31.5 Å². The van der Waals surface area contributed by atoms with Crippen molar-refractivity contribution >= 4 is 45.3 Å². The first-order valence-corrected chi connectivity index (χ1v) is 14.0. The molecule has 1 aromatic carbocycles. The first kappa shape index (κ1) is 30.0. The van der Waals surface area contributed by atoms with Crippen molar-refractivity contribution in [1.82, 2.24) is 25.2 Å². The number of amides is 2. The third-order valence-corrected chi connectivity index (χ3v) is 7.97. The van der Waals surface area contributed by atoms with Crippen LogP contribution in [0.1, 0.15) is 39.3 Å². The van der Waals surface area contributed by atoms with Crippen molar-refractivity contribution in [1.29, 1.82) is 0 Å². The number of thiazole rings is 1. The molecule has 2 amide bonds. The SMILES string of the molecule is Nc1ccc(/C=C/C(=O)NCCc2nc3cc(-c4ccc(C(=O)N5CCC(F)(F)CC5)cn4)cc(C(F)(F)F)c3s2)cn1. The number of aromatic nitrogens is 3. The maximum atomic E-state index is 14.0. The Kier molecular flexibility index (Phi) is 8.40. The number of anilines is 1. The van der Waals surface area contributed by atoms with Crippen LogP contribution in [0.3, 0.4) is 0 Å². The summed E-state index contributed by atoms with van der Waals surface area (Å²) in [6.45, 7) is -0.0248. The van der Waals surface area contributed by atoms with Crippen molar-refractivity contribution in [3.05, 3.63) is 76.6 Å². The maximum absolute atomic E-state index is 14.0. The van der Waals surface area contributed by atoms with Crippen LogP contribution in [0.2, 0.25) is 0 Å². The number of nitrogens with two attached hydrogens (primary N) is 1. The number of carbonyl (C=O) groups is 2. The van der Waals surface area contributed by atoms with E-state index in [0.29, 0.717) is 16.4 Å². The molecule has 0 aliphatic carbocycles. The van der Waals surface area contributed by atoms with Gasteiger partial charge in [0, 0.05) is 62.9 Å². The molecule has 0 unspecified atom stereocenters. The standard InChI is InChI=1S/C29H25F5N6O2S/c30-28(31)8-11-40(12-9-28)27(42)18-3-4-21(37-16-18)19-13-20(29(32,33)34)26-22(14-19)39-25(43-26)7-10-36-24(41)6-2-17-1-5-23(35)38-15-17/h1-6,13-16H,7-12H2,(H2,35,38)(H,36,41)/b6-2+. The summed E-state index contributed by atoms with van der Waals surface area (Å²) in [5.41, 5.74) is 5.97. The maximum Gasteiger partial charge on any atom is 0.417 e. The predicted octanol–water partition coefficient (Wildman–Crippen LogP) is 5.60. The molecule has 0 atom stereocenters. The van der Waals surface area contributed by atoms with E-state index in [1.54, 1.807) is 18.2 Å². The van der Waals surface area contributed by atoms with Gasteiger partial charge < -0.3 is 16.0 Å². The quantitative estimate of drug-likeness (QED) is 0.207. The number of likely N-dealkylation sites (tertiary alicyclic amines) is 1. The number of benzene rings is 1. The van der Waals surface area contributed by atoms with Gasteiger partial charge in [-0.15, -0.1) is 11.3 Å². The van der Waals surface area contributed by atoms with Crippen LogP contribution in [-0.2, 0) is 17.4 Å². The van der Waals surface area contributed by atoms with E-state index < -0.39 is 36.4 Å². The van der Waals surface area contributed by atoms with Gasteiger partial charge in [0.15, 0.2) is 0 Å². The molecule has 3 aromatic heterocycles. The fraction of sp³-hybridized carbons (Fsp3) is 0.276. The lowest BCUT2D eigenvalue weighted by Crippen LogP contribution is -2.42. The second-order valence-electron chi connectivity index (χ2n) is 9.95. The van der Waals surface area contributed by atoms with Crippen LogP contribution in [0, 0.1) is 0 Å². The summed E-state index contributed by atoms with van der Waals surface area (Å²) in [6, 6.07) is 8.61. The zero-order chi connectivity index (χ0) is 30.8. The molecule has 5 rings (SSSR count). The summed E-state index contributed by atoms with van der Waals surface area (Å²) in [4.78, 5) is 38.7. The van der Waals surface area contributed by atoms with Gasteiger partial charge in [-0.05, 0) is 48.0 Å². The summed E-state index contributed by atoms with van der Waals surface area (Å²) in [7, 11) is 0. The monoisotopic (exact) mass is 616 g/mol.